The van der Waals surface area contributed by atoms with E-state index in [4.69, 9.17) is 9.47 Å². The van der Waals surface area contributed by atoms with Crippen molar-refractivity contribution < 1.29 is 9.47 Å². The summed E-state index contributed by atoms with van der Waals surface area (Å²) in [5.74, 6) is 1.73. The predicted octanol–water partition coefficient (Wildman–Crippen LogP) is 3.13. The molecule has 0 heterocycles. The van der Waals surface area contributed by atoms with Gasteiger partial charge < -0.3 is 9.47 Å². The molecule has 1 atom stereocenters. The number of ether oxygens (including phenoxy) is 2. The zero-order valence-corrected chi connectivity index (χ0v) is 9.85. The molecule has 0 amide bonds. The summed E-state index contributed by atoms with van der Waals surface area (Å²) in [5, 5.41) is 0.441. The van der Waals surface area contributed by atoms with E-state index in [1.165, 1.54) is 5.56 Å². The second kappa shape index (κ2) is 5.15. The van der Waals surface area contributed by atoms with Crippen LogP contribution in [0.2, 0.25) is 0 Å². The third-order valence-corrected chi connectivity index (χ3v) is 3.19. The van der Waals surface area contributed by atoms with E-state index in [1.807, 2.05) is 12.1 Å². The molecule has 0 aliphatic heterocycles. The topological polar surface area (TPSA) is 18.5 Å². The molecule has 0 saturated heterocycles. The number of benzene rings is 1. The Morgan fingerprint density at radius 3 is 2.43 bits per heavy atom. The van der Waals surface area contributed by atoms with E-state index in [0.717, 1.165) is 11.5 Å². The first-order chi connectivity index (χ1) is 6.72. The molecule has 0 spiro atoms. The highest BCUT2D eigenvalue weighted by atomic mass is 32.2. The van der Waals surface area contributed by atoms with Crippen molar-refractivity contribution in [2.75, 3.05) is 20.5 Å². The lowest BCUT2D eigenvalue weighted by molar-refractivity contribution is 0.391. The summed E-state index contributed by atoms with van der Waals surface area (Å²) in [7, 11) is 3.35. The van der Waals surface area contributed by atoms with Crippen LogP contribution in [0, 0.1) is 0 Å². The molecule has 0 fully saturated rings. The van der Waals surface area contributed by atoms with Gasteiger partial charge in [0.15, 0.2) is 0 Å². The fourth-order valence-corrected chi connectivity index (χ4v) is 1.73. The standard InChI is InChI=1S/C11H16O2S/c1-8(14-4)10-6-5-9(12-2)7-11(10)13-3/h5-8H,1-4H3. The Morgan fingerprint density at radius 1 is 1.21 bits per heavy atom. The maximum Gasteiger partial charge on any atom is 0.126 e. The van der Waals surface area contributed by atoms with Gasteiger partial charge in [-0.3, -0.25) is 0 Å². The monoisotopic (exact) mass is 212 g/mol. The van der Waals surface area contributed by atoms with E-state index in [2.05, 4.69) is 19.2 Å². The summed E-state index contributed by atoms with van der Waals surface area (Å²) in [6, 6.07) is 5.94. The summed E-state index contributed by atoms with van der Waals surface area (Å²) in [4.78, 5) is 0. The number of hydrogen-bond acceptors (Lipinski definition) is 3. The molecule has 1 aromatic carbocycles. The van der Waals surface area contributed by atoms with Crippen LogP contribution in [-0.2, 0) is 0 Å². The van der Waals surface area contributed by atoms with Crippen LogP contribution in [0.1, 0.15) is 17.7 Å². The molecule has 3 heteroatoms. The fourth-order valence-electron chi connectivity index (χ4n) is 1.28. The van der Waals surface area contributed by atoms with Crippen LogP contribution in [0.3, 0.4) is 0 Å². The van der Waals surface area contributed by atoms with Gasteiger partial charge in [0.05, 0.1) is 14.2 Å². The molecular formula is C11H16O2S. The Bertz CT molecular complexity index is 299. The molecule has 0 bridgehead atoms. The molecule has 78 valence electrons. The van der Waals surface area contributed by atoms with Crippen LogP contribution in [-0.4, -0.2) is 20.5 Å². The van der Waals surface area contributed by atoms with Crippen molar-refractivity contribution >= 4 is 11.8 Å². The minimum absolute atomic E-state index is 0.441. The second-order valence-corrected chi connectivity index (χ2v) is 4.16. The van der Waals surface area contributed by atoms with E-state index >= 15 is 0 Å². The minimum Gasteiger partial charge on any atom is -0.497 e. The maximum atomic E-state index is 5.32. The normalized spacial score (nSPS) is 12.3. The number of rotatable bonds is 4. The molecule has 0 N–H and O–H groups in total. The Kier molecular flexibility index (Phi) is 4.14. The van der Waals surface area contributed by atoms with Crippen molar-refractivity contribution in [2.45, 2.75) is 12.2 Å². The molecule has 1 rings (SSSR count). The van der Waals surface area contributed by atoms with Gasteiger partial charge in [0, 0.05) is 16.9 Å². The average molecular weight is 212 g/mol. The van der Waals surface area contributed by atoms with Gasteiger partial charge >= 0.3 is 0 Å². The zero-order valence-electron chi connectivity index (χ0n) is 9.03. The quantitative estimate of drug-likeness (QED) is 0.764. The highest BCUT2D eigenvalue weighted by molar-refractivity contribution is 7.98. The van der Waals surface area contributed by atoms with Gasteiger partial charge in [-0.25, -0.2) is 0 Å². The van der Waals surface area contributed by atoms with Crippen LogP contribution in [0.25, 0.3) is 0 Å². The van der Waals surface area contributed by atoms with Gasteiger partial charge in [0.1, 0.15) is 11.5 Å². The van der Waals surface area contributed by atoms with E-state index in [1.54, 1.807) is 26.0 Å². The first kappa shape index (κ1) is 11.2. The van der Waals surface area contributed by atoms with Gasteiger partial charge in [-0.2, -0.15) is 11.8 Å². The van der Waals surface area contributed by atoms with Crippen molar-refractivity contribution in [3.8, 4) is 11.5 Å². The molecule has 0 aliphatic carbocycles. The number of thioether (sulfide) groups is 1. The van der Waals surface area contributed by atoms with E-state index in [9.17, 15) is 0 Å². The summed E-state index contributed by atoms with van der Waals surface area (Å²) in [5.41, 5.74) is 1.21. The second-order valence-electron chi connectivity index (χ2n) is 2.99. The average Bonchev–Trinajstić information content (AvgIpc) is 2.27. The highest BCUT2D eigenvalue weighted by Crippen LogP contribution is 2.35. The number of methoxy groups -OCH3 is 2. The van der Waals surface area contributed by atoms with Gasteiger partial charge in [0.2, 0.25) is 0 Å². The van der Waals surface area contributed by atoms with Crippen molar-refractivity contribution in [2.24, 2.45) is 0 Å². The van der Waals surface area contributed by atoms with Crippen LogP contribution >= 0.6 is 11.8 Å². The van der Waals surface area contributed by atoms with Crippen LogP contribution in [0.5, 0.6) is 11.5 Å². The highest BCUT2D eigenvalue weighted by Gasteiger charge is 2.10. The largest absolute Gasteiger partial charge is 0.497 e. The summed E-state index contributed by atoms with van der Waals surface area (Å²) in [6.07, 6.45) is 2.09. The van der Waals surface area contributed by atoms with Crippen molar-refractivity contribution in [1.29, 1.82) is 0 Å². The summed E-state index contributed by atoms with van der Waals surface area (Å²) in [6.45, 7) is 2.16. The SMILES string of the molecule is COc1ccc(C(C)SC)c(OC)c1. The Labute approximate surface area is 89.6 Å². The lowest BCUT2D eigenvalue weighted by Gasteiger charge is -2.14. The molecular weight excluding hydrogens is 196 g/mol. The molecule has 0 aromatic heterocycles. The maximum absolute atomic E-state index is 5.32. The van der Waals surface area contributed by atoms with Gasteiger partial charge in [-0.15, -0.1) is 0 Å². The third-order valence-electron chi connectivity index (χ3n) is 2.23. The molecule has 0 radical (unpaired) electrons. The van der Waals surface area contributed by atoms with Gasteiger partial charge in [-0.05, 0) is 19.2 Å². The van der Waals surface area contributed by atoms with Crippen molar-refractivity contribution in [3.63, 3.8) is 0 Å². The minimum atomic E-state index is 0.441. The Morgan fingerprint density at radius 2 is 1.93 bits per heavy atom. The lowest BCUT2D eigenvalue weighted by atomic mass is 10.1. The van der Waals surface area contributed by atoms with E-state index in [0.29, 0.717) is 5.25 Å². The molecule has 14 heavy (non-hydrogen) atoms. The molecule has 0 saturated carbocycles. The molecule has 0 aliphatic rings. The Balaban J connectivity index is 3.04. The summed E-state index contributed by atoms with van der Waals surface area (Å²) < 4.78 is 10.5. The first-order valence-corrected chi connectivity index (χ1v) is 5.76. The van der Waals surface area contributed by atoms with Crippen molar-refractivity contribution in [3.05, 3.63) is 23.8 Å². The lowest BCUT2D eigenvalue weighted by Crippen LogP contribution is -1.95. The van der Waals surface area contributed by atoms with Crippen molar-refractivity contribution in [1.82, 2.24) is 0 Å². The van der Waals surface area contributed by atoms with Crippen LogP contribution in [0.4, 0.5) is 0 Å². The van der Waals surface area contributed by atoms with Gasteiger partial charge in [-0.1, -0.05) is 6.07 Å². The smallest absolute Gasteiger partial charge is 0.126 e. The van der Waals surface area contributed by atoms with Gasteiger partial charge in [0.25, 0.3) is 0 Å². The van der Waals surface area contributed by atoms with E-state index < -0.39 is 0 Å². The van der Waals surface area contributed by atoms with Crippen LogP contribution in [0.15, 0.2) is 18.2 Å². The summed E-state index contributed by atoms with van der Waals surface area (Å²) >= 11 is 1.80. The zero-order chi connectivity index (χ0) is 10.6. The fraction of sp³-hybridized carbons (Fsp3) is 0.455. The predicted molar refractivity (Wildman–Crippen MR) is 61.5 cm³/mol. The molecule has 2 nitrogen and oxygen atoms in total. The molecule has 1 unspecified atom stereocenters. The Hall–Kier alpha value is -0.830. The molecule has 1 aromatic rings. The number of hydrogen-bond donors (Lipinski definition) is 0. The van der Waals surface area contributed by atoms with E-state index in [-0.39, 0.29) is 0 Å². The third kappa shape index (κ3) is 2.35. The van der Waals surface area contributed by atoms with Crippen LogP contribution < -0.4 is 9.47 Å². The first-order valence-electron chi connectivity index (χ1n) is 4.47.